The molecule has 0 aliphatic heterocycles. The van der Waals surface area contributed by atoms with E-state index in [0.29, 0.717) is 0 Å². The van der Waals surface area contributed by atoms with Crippen molar-refractivity contribution in [2.75, 3.05) is 5.75 Å². The Labute approximate surface area is 181 Å². The highest BCUT2D eigenvalue weighted by molar-refractivity contribution is 8.00. The van der Waals surface area contributed by atoms with Gasteiger partial charge in [-0.05, 0) is 23.3 Å². The zero-order valence-corrected chi connectivity index (χ0v) is 18.6. The molecule has 0 spiro atoms. The van der Waals surface area contributed by atoms with Crippen molar-refractivity contribution >= 4 is 11.8 Å². The average molecular weight is 410 g/mol. The van der Waals surface area contributed by atoms with Crippen LogP contribution in [0.2, 0.25) is 0 Å². The molecule has 2 rings (SSSR count). The minimum absolute atomic E-state index is 0.635. The van der Waals surface area contributed by atoms with Gasteiger partial charge in [0, 0.05) is 5.01 Å². The van der Waals surface area contributed by atoms with Gasteiger partial charge in [-0.1, -0.05) is 125 Å². The lowest BCUT2D eigenvalue weighted by atomic mass is 9.91. The first kappa shape index (κ1) is 23.4. The molecule has 2 aromatic carbocycles. The Balaban J connectivity index is 1.87. The average Bonchev–Trinajstić information content (AvgIpc) is 2.78. The van der Waals surface area contributed by atoms with Gasteiger partial charge in [-0.25, -0.2) is 0 Å². The second kappa shape index (κ2) is 14.1. The second-order valence-electron chi connectivity index (χ2n) is 7.65. The van der Waals surface area contributed by atoms with Crippen LogP contribution in [0, 0.1) is 11.3 Å². The molecule has 156 valence electrons. The summed E-state index contributed by atoms with van der Waals surface area (Å²) in [5.74, 6) is 0.989. The predicted octanol–water partition coefficient (Wildman–Crippen LogP) is 8.42. The molecule has 0 heterocycles. The molecule has 0 bridgehead atoms. The normalized spacial score (nSPS) is 11.1. The first-order valence-corrected chi connectivity index (χ1v) is 12.2. The van der Waals surface area contributed by atoms with Gasteiger partial charge in [0.1, 0.15) is 0 Å². The minimum Gasteiger partial charge on any atom is -0.498 e. The van der Waals surface area contributed by atoms with Crippen LogP contribution in [0.3, 0.4) is 0 Å². The molecule has 0 aromatic heterocycles. The number of nitrogens with zero attached hydrogens (tertiary/aromatic N) is 1. The summed E-state index contributed by atoms with van der Waals surface area (Å²) in [5, 5.41) is 14.4. The Kier molecular flexibility index (Phi) is 11.4. The molecule has 0 aliphatic rings. The Hall–Kier alpha value is -1.92. The van der Waals surface area contributed by atoms with E-state index >= 15 is 0 Å². The van der Waals surface area contributed by atoms with Crippen LogP contribution in [-0.4, -0.2) is 5.75 Å². The molecule has 3 heteroatoms. The largest absolute Gasteiger partial charge is 0.498 e. The monoisotopic (exact) mass is 409 g/mol. The lowest BCUT2D eigenvalue weighted by Crippen LogP contribution is -2.22. The molecule has 0 saturated heterocycles. The summed E-state index contributed by atoms with van der Waals surface area (Å²) >= 11 is 1.77. The van der Waals surface area contributed by atoms with Gasteiger partial charge in [0.25, 0.3) is 0 Å². The van der Waals surface area contributed by atoms with E-state index in [1.54, 1.807) is 11.8 Å². The van der Waals surface area contributed by atoms with Gasteiger partial charge >= 0.3 is 6.07 Å². The van der Waals surface area contributed by atoms with Crippen molar-refractivity contribution < 1.29 is 0 Å². The van der Waals surface area contributed by atoms with Crippen LogP contribution in [0.1, 0.15) is 82.3 Å². The van der Waals surface area contributed by atoms with E-state index < -0.39 is 4.75 Å². The van der Waals surface area contributed by atoms with E-state index in [2.05, 4.69) is 42.3 Å². The predicted molar refractivity (Wildman–Crippen MR) is 129 cm³/mol. The number of benzene rings is 2. The van der Waals surface area contributed by atoms with Gasteiger partial charge in [0.15, 0.2) is 0 Å². The Morgan fingerprint density at radius 2 is 1.17 bits per heavy atom. The molecule has 29 heavy (non-hydrogen) atoms. The molecule has 2 aromatic rings. The van der Waals surface area contributed by atoms with Crippen molar-refractivity contribution in [1.29, 1.82) is 0 Å². The summed E-state index contributed by atoms with van der Waals surface area (Å²) in [6, 6.07) is 23.2. The third kappa shape index (κ3) is 7.78. The van der Waals surface area contributed by atoms with Crippen LogP contribution in [0.25, 0.3) is 5.01 Å². The third-order valence-electron chi connectivity index (χ3n) is 5.38. The number of thioether (sulfide) groups is 1. The van der Waals surface area contributed by atoms with Gasteiger partial charge in [0.05, 0.1) is 0 Å². The molecule has 0 aliphatic carbocycles. The number of hydrogen-bond donors (Lipinski definition) is 0. The summed E-state index contributed by atoms with van der Waals surface area (Å²) in [4.78, 5) is 0. The van der Waals surface area contributed by atoms with E-state index in [1.807, 2.05) is 36.4 Å². The van der Waals surface area contributed by atoms with Crippen molar-refractivity contribution in [3.05, 3.63) is 82.0 Å². The molecule has 0 fully saturated rings. The minimum atomic E-state index is -0.635. The van der Waals surface area contributed by atoms with E-state index in [0.717, 1.165) is 23.3 Å². The molecular formula is C26H35NOS. The highest BCUT2D eigenvalue weighted by Gasteiger charge is 2.39. The third-order valence-corrected chi connectivity index (χ3v) is 6.87. The van der Waals surface area contributed by atoms with Gasteiger partial charge < -0.3 is 5.21 Å². The maximum atomic E-state index is 11.3. The Morgan fingerprint density at radius 3 is 1.62 bits per heavy atom. The van der Waals surface area contributed by atoms with Crippen LogP contribution in [0.4, 0.5) is 0 Å². The SMILES string of the molecule is CCCCCCCCCCCCSC(C#[N+][O-])(c1ccccc1)c1ccccc1. The molecule has 0 unspecified atom stereocenters. The fourth-order valence-electron chi connectivity index (χ4n) is 3.72. The number of unbranched alkanes of at least 4 members (excludes halogenated alkanes) is 9. The van der Waals surface area contributed by atoms with E-state index in [4.69, 9.17) is 0 Å². The van der Waals surface area contributed by atoms with Crippen molar-refractivity contribution in [2.24, 2.45) is 0 Å². The van der Waals surface area contributed by atoms with Crippen molar-refractivity contribution in [1.82, 2.24) is 0 Å². The van der Waals surface area contributed by atoms with E-state index in [1.165, 1.54) is 57.8 Å². The van der Waals surface area contributed by atoms with Crippen LogP contribution >= 0.6 is 11.8 Å². The Morgan fingerprint density at radius 1 is 0.724 bits per heavy atom. The summed E-state index contributed by atoms with van der Waals surface area (Å²) in [6.07, 6.45) is 13.3. The van der Waals surface area contributed by atoms with E-state index in [-0.39, 0.29) is 0 Å². The fraction of sp³-hybridized carbons (Fsp3) is 0.500. The highest BCUT2D eigenvalue weighted by Crippen LogP contribution is 2.43. The summed E-state index contributed by atoms with van der Waals surface area (Å²) in [5.41, 5.74) is 2.12. The Bertz CT molecular complexity index is 681. The zero-order chi connectivity index (χ0) is 20.6. The first-order valence-electron chi connectivity index (χ1n) is 11.2. The molecule has 0 saturated carbocycles. The van der Waals surface area contributed by atoms with Gasteiger partial charge in [-0.15, -0.1) is 11.8 Å². The fourth-order valence-corrected chi connectivity index (χ4v) is 5.08. The highest BCUT2D eigenvalue weighted by atomic mass is 32.2. The van der Waals surface area contributed by atoms with Crippen molar-refractivity contribution in [3.8, 4) is 6.07 Å². The maximum absolute atomic E-state index is 11.3. The standard InChI is InChI=1S/C26H35NOS/c1-2-3-4-5-6-7-8-9-10-17-22-29-26(23-27-28,24-18-13-11-14-19-24)25-20-15-12-16-21-25/h11-16,18-21H,2-10,17,22H2,1H3. The number of hydrogen-bond acceptors (Lipinski definition) is 2. The quantitative estimate of drug-likeness (QED) is 0.231. The van der Waals surface area contributed by atoms with Gasteiger partial charge in [0.2, 0.25) is 4.75 Å². The second-order valence-corrected chi connectivity index (χ2v) is 8.96. The van der Waals surface area contributed by atoms with Gasteiger partial charge in [-0.3, -0.25) is 0 Å². The maximum Gasteiger partial charge on any atom is 0.326 e. The van der Waals surface area contributed by atoms with Gasteiger partial charge in [-0.2, -0.15) is 0 Å². The van der Waals surface area contributed by atoms with Crippen molar-refractivity contribution in [2.45, 2.75) is 75.9 Å². The van der Waals surface area contributed by atoms with Crippen LogP contribution in [0.15, 0.2) is 60.7 Å². The molecule has 0 amide bonds. The van der Waals surface area contributed by atoms with Crippen molar-refractivity contribution in [3.63, 3.8) is 0 Å². The van der Waals surface area contributed by atoms with Crippen LogP contribution < -0.4 is 0 Å². The van der Waals surface area contributed by atoms with Crippen LogP contribution in [0.5, 0.6) is 0 Å². The summed E-state index contributed by atoms with van der Waals surface area (Å²) < 4.78 is -0.635. The van der Waals surface area contributed by atoms with Crippen LogP contribution in [-0.2, 0) is 4.75 Å². The topological polar surface area (TPSA) is 27.4 Å². The lowest BCUT2D eigenvalue weighted by molar-refractivity contribution is 0.563. The number of rotatable bonds is 14. The first-order chi connectivity index (χ1) is 14.3. The van der Waals surface area contributed by atoms with E-state index in [9.17, 15) is 5.21 Å². The molecule has 0 radical (unpaired) electrons. The molecular weight excluding hydrogens is 374 g/mol. The summed E-state index contributed by atoms with van der Waals surface area (Å²) in [6.45, 7) is 2.27. The summed E-state index contributed by atoms with van der Waals surface area (Å²) in [7, 11) is 0. The zero-order valence-electron chi connectivity index (χ0n) is 17.8. The molecule has 0 atom stereocenters. The molecule has 0 N–H and O–H groups in total. The lowest BCUT2D eigenvalue weighted by Gasteiger charge is -2.24. The smallest absolute Gasteiger partial charge is 0.326 e. The molecule has 2 nitrogen and oxygen atoms in total.